The third kappa shape index (κ3) is 4.16. The number of nitrogens with zero attached hydrogens (tertiary/aromatic N) is 5. The van der Waals surface area contributed by atoms with Gasteiger partial charge in [0.2, 0.25) is 11.1 Å². The molecule has 1 fully saturated rings. The van der Waals surface area contributed by atoms with Crippen LogP contribution in [0.25, 0.3) is 0 Å². The van der Waals surface area contributed by atoms with Crippen molar-refractivity contribution in [2.45, 2.75) is 22.7 Å². The highest BCUT2D eigenvalue weighted by atomic mass is 32.2. The van der Waals surface area contributed by atoms with Gasteiger partial charge in [-0.25, -0.2) is 14.3 Å². The molecular weight excluding hydrogens is 522 g/mol. The van der Waals surface area contributed by atoms with E-state index < -0.39 is 52.4 Å². The summed E-state index contributed by atoms with van der Waals surface area (Å²) in [6.07, 6.45) is -0.589. The number of carbonyl (C=O) groups excluding carboxylic acids is 3. The molecule has 2 aliphatic heterocycles. The molecule has 192 valence electrons. The molecule has 4 heterocycles. The van der Waals surface area contributed by atoms with Gasteiger partial charge in [-0.05, 0) is 16.0 Å². The number of methoxy groups -OCH3 is 2. The van der Waals surface area contributed by atoms with Gasteiger partial charge in [0.15, 0.2) is 11.3 Å². The second-order valence-electron chi connectivity index (χ2n) is 7.46. The highest BCUT2D eigenvalue weighted by Gasteiger charge is 2.66. The molecule has 36 heavy (non-hydrogen) atoms. The Bertz CT molecular complexity index is 1330. The first-order chi connectivity index (χ1) is 17.1. The van der Waals surface area contributed by atoms with Crippen LogP contribution in [0.4, 0.5) is 0 Å². The number of rotatable bonds is 9. The van der Waals surface area contributed by atoms with E-state index in [0.717, 1.165) is 12.0 Å². The van der Waals surface area contributed by atoms with Gasteiger partial charge in [-0.3, -0.25) is 19.3 Å². The molecule has 2 atom stereocenters. The minimum Gasteiger partial charge on any atom is -0.477 e. The van der Waals surface area contributed by atoms with Gasteiger partial charge < -0.3 is 24.4 Å². The van der Waals surface area contributed by atoms with Gasteiger partial charge in [-0.1, -0.05) is 11.8 Å². The number of fused-ring (bicyclic) bond motifs is 1. The minimum atomic E-state index is -1.86. The van der Waals surface area contributed by atoms with E-state index in [1.807, 2.05) is 5.16 Å². The van der Waals surface area contributed by atoms with Crippen LogP contribution in [0, 0.1) is 0 Å². The van der Waals surface area contributed by atoms with E-state index >= 15 is 0 Å². The number of carboxylic acids is 1. The second kappa shape index (κ2) is 9.78. The average molecular weight is 542 g/mol. The number of hydrogen-bond donors (Lipinski definition) is 3. The quantitative estimate of drug-likeness (QED) is 0.140. The molecular formula is C18H19N7O9S2. The molecule has 2 aromatic heterocycles. The van der Waals surface area contributed by atoms with Gasteiger partial charge in [0.25, 0.3) is 17.2 Å². The number of aromatic amines is 1. The molecule has 0 aliphatic carbocycles. The largest absolute Gasteiger partial charge is 0.477 e. The van der Waals surface area contributed by atoms with Crippen molar-refractivity contribution in [1.82, 2.24) is 35.6 Å². The molecule has 1 saturated heterocycles. The number of hydrogen-bond acceptors (Lipinski definition) is 13. The van der Waals surface area contributed by atoms with Crippen molar-refractivity contribution >= 4 is 47.3 Å². The molecule has 16 nitrogen and oxygen atoms in total. The van der Waals surface area contributed by atoms with Crippen LogP contribution in [0.15, 0.2) is 25.7 Å². The Balaban J connectivity index is 1.53. The topological polar surface area (TPSA) is 212 Å². The molecule has 2 aromatic rings. The molecule has 0 bridgehead atoms. The molecule has 18 heteroatoms. The Kier molecular flexibility index (Phi) is 6.92. The van der Waals surface area contributed by atoms with E-state index in [-0.39, 0.29) is 23.0 Å². The summed E-state index contributed by atoms with van der Waals surface area (Å²) < 4.78 is 16.2. The fourth-order valence-electron chi connectivity index (χ4n) is 3.72. The molecule has 2 amide bonds. The molecule has 0 aromatic carbocycles. The highest BCUT2D eigenvalue weighted by Crippen LogP contribution is 2.47. The van der Waals surface area contributed by atoms with Gasteiger partial charge in [0, 0.05) is 25.7 Å². The van der Waals surface area contributed by atoms with Gasteiger partial charge in [0.05, 0.1) is 13.5 Å². The van der Waals surface area contributed by atoms with Crippen molar-refractivity contribution in [3.8, 4) is 0 Å². The van der Waals surface area contributed by atoms with Crippen LogP contribution in [0.3, 0.4) is 0 Å². The summed E-state index contributed by atoms with van der Waals surface area (Å²) in [7, 11) is 3.90. The summed E-state index contributed by atoms with van der Waals surface area (Å²) in [5.41, 5.74) is -2.96. The normalized spacial score (nSPS) is 21.1. The lowest BCUT2D eigenvalue weighted by atomic mass is 9.98. The lowest BCUT2D eigenvalue weighted by molar-refractivity contribution is -0.192. The summed E-state index contributed by atoms with van der Waals surface area (Å²) >= 11 is 2.41. The van der Waals surface area contributed by atoms with Crippen LogP contribution < -0.4 is 10.9 Å². The van der Waals surface area contributed by atoms with Gasteiger partial charge in [-0.15, -0.1) is 16.9 Å². The number of carboxylic acid groups (broad SMARTS) is 1. The number of ether oxygens (including phenoxy) is 2. The van der Waals surface area contributed by atoms with Crippen molar-refractivity contribution in [2.75, 3.05) is 25.7 Å². The number of aliphatic carboxylic acids is 1. The molecule has 2 aliphatic rings. The standard InChI is InChI=1S/C18H19N7O9S2/c1-24-17(20-22-23-24)36-6-7-5-35-16-18(33-3,15(31)25(16)11(7)13(28)29)19-9(26)4-8-10(14(30)32-2)12(27)21-34-8/h16H,4-6H2,1-3H3,(H,19,26)(H,21,27)(H,28,29)/t16-,18-/m0/s1. The maximum atomic E-state index is 13.2. The van der Waals surface area contributed by atoms with Crippen molar-refractivity contribution in [1.29, 1.82) is 0 Å². The highest BCUT2D eigenvalue weighted by molar-refractivity contribution is 8.01. The first-order valence-electron chi connectivity index (χ1n) is 10.0. The molecule has 0 unspecified atom stereocenters. The number of carbonyl (C=O) groups is 4. The predicted molar refractivity (Wildman–Crippen MR) is 120 cm³/mol. The van der Waals surface area contributed by atoms with E-state index in [2.05, 4.69) is 25.6 Å². The number of aromatic nitrogens is 5. The van der Waals surface area contributed by atoms with Crippen molar-refractivity contribution in [2.24, 2.45) is 7.05 Å². The van der Waals surface area contributed by atoms with E-state index in [0.29, 0.717) is 10.7 Å². The Morgan fingerprint density at radius 1 is 1.36 bits per heavy atom. The summed E-state index contributed by atoms with van der Waals surface area (Å²) in [5, 5.41) is 24.9. The lowest BCUT2D eigenvalue weighted by Gasteiger charge is -2.55. The summed E-state index contributed by atoms with van der Waals surface area (Å²) in [4.78, 5) is 62.7. The van der Waals surface area contributed by atoms with Crippen LogP contribution in [0.2, 0.25) is 0 Å². The van der Waals surface area contributed by atoms with Crippen molar-refractivity contribution in [3.63, 3.8) is 0 Å². The smallest absolute Gasteiger partial charge is 0.352 e. The lowest BCUT2D eigenvalue weighted by Crippen LogP contribution is -2.80. The predicted octanol–water partition coefficient (Wildman–Crippen LogP) is -1.67. The van der Waals surface area contributed by atoms with Crippen molar-refractivity contribution in [3.05, 3.63) is 32.9 Å². The van der Waals surface area contributed by atoms with Gasteiger partial charge >= 0.3 is 11.9 Å². The monoisotopic (exact) mass is 541 g/mol. The number of tetrazole rings is 1. The van der Waals surface area contributed by atoms with Gasteiger partial charge in [-0.2, -0.15) is 5.16 Å². The zero-order valence-electron chi connectivity index (χ0n) is 19.0. The fourth-order valence-corrected chi connectivity index (χ4v) is 6.14. The Morgan fingerprint density at radius 2 is 2.11 bits per heavy atom. The molecule has 0 saturated carbocycles. The zero-order valence-corrected chi connectivity index (χ0v) is 20.6. The number of nitrogens with one attached hydrogen (secondary N) is 2. The van der Waals surface area contributed by atoms with E-state index in [1.54, 1.807) is 7.05 Å². The first-order valence-corrected chi connectivity index (χ1v) is 12.1. The number of thioether (sulfide) groups is 2. The van der Waals surface area contributed by atoms with Crippen LogP contribution in [-0.4, -0.2) is 95.9 Å². The van der Waals surface area contributed by atoms with E-state index in [1.165, 1.54) is 35.3 Å². The first kappa shape index (κ1) is 25.5. The second-order valence-corrected chi connectivity index (χ2v) is 9.47. The third-order valence-electron chi connectivity index (χ3n) is 5.40. The number of esters is 1. The number of β-lactam (4-membered cyclic amide) rings is 1. The number of amides is 2. The zero-order chi connectivity index (χ0) is 26.2. The average Bonchev–Trinajstić information content (AvgIpc) is 3.43. The Morgan fingerprint density at radius 3 is 2.72 bits per heavy atom. The minimum absolute atomic E-state index is 0.210. The number of aryl methyl sites for hydroxylation is 1. The van der Waals surface area contributed by atoms with Crippen LogP contribution in [0.5, 0.6) is 0 Å². The SMILES string of the molecule is COC(=O)c1c(CC(=O)N[C@]2(OC)C(=O)N3C(C(=O)O)=C(CSc4nnnn4C)CS[C@H]32)o[nH]c1=O. The Labute approximate surface area is 209 Å². The third-order valence-corrected chi connectivity index (χ3v) is 7.87. The van der Waals surface area contributed by atoms with Crippen LogP contribution >= 0.6 is 23.5 Å². The summed E-state index contributed by atoms with van der Waals surface area (Å²) in [6, 6.07) is 0. The summed E-state index contributed by atoms with van der Waals surface area (Å²) in [6.45, 7) is 0. The molecule has 0 radical (unpaired) electrons. The van der Waals surface area contributed by atoms with E-state index in [4.69, 9.17) is 9.26 Å². The molecule has 0 spiro atoms. The van der Waals surface area contributed by atoms with Crippen LogP contribution in [-0.2, 0) is 37.3 Å². The molecule has 3 N–H and O–H groups in total. The number of H-pyrrole nitrogens is 1. The molecule has 4 rings (SSSR count). The fraction of sp³-hybridized carbons (Fsp3) is 0.444. The van der Waals surface area contributed by atoms with Crippen molar-refractivity contribution < 1.29 is 38.3 Å². The summed E-state index contributed by atoms with van der Waals surface area (Å²) in [5.74, 6) is -3.76. The van der Waals surface area contributed by atoms with Crippen LogP contribution in [0.1, 0.15) is 16.1 Å². The maximum absolute atomic E-state index is 13.2. The Hall–Kier alpha value is -3.64. The van der Waals surface area contributed by atoms with E-state index in [9.17, 15) is 29.1 Å². The maximum Gasteiger partial charge on any atom is 0.352 e. The van der Waals surface area contributed by atoms with Gasteiger partial charge in [0.1, 0.15) is 11.1 Å².